The van der Waals surface area contributed by atoms with Gasteiger partial charge in [-0.15, -0.1) is 0 Å². The molecule has 3 amide bonds. The van der Waals surface area contributed by atoms with Crippen molar-refractivity contribution in [1.82, 2.24) is 10.9 Å². The largest absolute Gasteiger partial charge is 0.311 e. The van der Waals surface area contributed by atoms with Crippen molar-refractivity contribution in [3.63, 3.8) is 0 Å². The number of carbonyl (C=O) groups excluding carboxylic acids is 3. The number of rotatable bonds is 3. The number of hydrogen-bond acceptors (Lipinski definition) is 3. The molecule has 1 atom stereocenters. The van der Waals surface area contributed by atoms with Crippen LogP contribution in [-0.2, 0) is 9.59 Å². The third-order valence-corrected chi connectivity index (χ3v) is 4.89. The molecule has 0 spiro atoms. The summed E-state index contributed by atoms with van der Waals surface area (Å²) in [6, 6.07) is 22.2. The minimum atomic E-state index is -0.525. The summed E-state index contributed by atoms with van der Waals surface area (Å²) in [4.78, 5) is 38.7. The van der Waals surface area contributed by atoms with Crippen LogP contribution in [0.2, 0.25) is 0 Å². The van der Waals surface area contributed by atoms with E-state index in [2.05, 4.69) is 10.9 Å². The molecule has 0 saturated carbocycles. The molecule has 1 saturated heterocycles. The van der Waals surface area contributed by atoms with Crippen LogP contribution in [0, 0.1) is 5.92 Å². The molecule has 6 nitrogen and oxygen atoms in total. The van der Waals surface area contributed by atoms with E-state index in [0.717, 1.165) is 16.5 Å². The molecule has 0 bridgehead atoms. The Morgan fingerprint density at radius 1 is 0.857 bits per heavy atom. The Kier molecular flexibility index (Phi) is 4.76. The molecule has 1 fully saturated rings. The molecule has 0 unspecified atom stereocenters. The number of fused-ring (bicyclic) bond motifs is 1. The molecular formula is C22H19N3O3. The molecular weight excluding hydrogens is 354 g/mol. The highest BCUT2D eigenvalue weighted by Crippen LogP contribution is 2.31. The Balaban J connectivity index is 1.44. The maximum atomic E-state index is 12.6. The number of hydrazine groups is 1. The fraction of sp³-hybridized carbons (Fsp3) is 0.136. The minimum Gasteiger partial charge on any atom is -0.311 e. The van der Waals surface area contributed by atoms with Crippen LogP contribution < -0.4 is 15.8 Å². The van der Waals surface area contributed by atoms with Gasteiger partial charge in [0, 0.05) is 23.9 Å². The predicted molar refractivity (Wildman–Crippen MR) is 106 cm³/mol. The lowest BCUT2D eigenvalue weighted by Gasteiger charge is -2.19. The van der Waals surface area contributed by atoms with E-state index in [9.17, 15) is 14.4 Å². The number of amides is 3. The van der Waals surface area contributed by atoms with E-state index in [4.69, 9.17) is 0 Å². The van der Waals surface area contributed by atoms with Gasteiger partial charge >= 0.3 is 0 Å². The van der Waals surface area contributed by atoms with Gasteiger partial charge in [0.1, 0.15) is 0 Å². The lowest BCUT2D eigenvalue weighted by Crippen LogP contribution is -2.45. The lowest BCUT2D eigenvalue weighted by molar-refractivity contribution is -0.126. The predicted octanol–water partition coefficient (Wildman–Crippen LogP) is 2.65. The highest BCUT2D eigenvalue weighted by molar-refractivity contribution is 6.07. The zero-order valence-electron chi connectivity index (χ0n) is 15.1. The van der Waals surface area contributed by atoms with Crippen LogP contribution in [0.4, 0.5) is 5.69 Å². The Bertz CT molecular complexity index is 1040. The van der Waals surface area contributed by atoms with Crippen molar-refractivity contribution in [3.8, 4) is 0 Å². The van der Waals surface area contributed by atoms with Crippen molar-refractivity contribution in [2.75, 3.05) is 11.4 Å². The molecule has 4 rings (SSSR count). The van der Waals surface area contributed by atoms with Crippen molar-refractivity contribution in [1.29, 1.82) is 0 Å². The van der Waals surface area contributed by atoms with E-state index in [1.807, 2.05) is 42.5 Å². The zero-order valence-corrected chi connectivity index (χ0v) is 15.1. The van der Waals surface area contributed by atoms with Crippen LogP contribution >= 0.6 is 0 Å². The zero-order chi connectivity index (χ0) is 19.5. The standard InChI is InChI=1S/C22H19N3O3/c26-20-13-17(22(28)24-23-21(27)16-8-2-1-3-9-16)14-25(20)19-12-6-10-15-7-4-5-11-18(15)19/h1-12,17H,13-14H2,(H,23,27)(H,24,28)/t17-/m1/s1. The number of nitrogens with one attached hydrogen (secondary N) is 2. The van der Waals surface area contributed by atoms with Gasteiger partial charge in [0.15, 0.2) is 0 Å². The van der Waals surface area contributed by atoms with Gasteiger partial charge in [-0.1, -0.05) is 54.6 Å². The van der Waals surface area contributed by atoms with Gasteiger partial charge in [0.05, 0.1) is 11.6 Å². The van der Waals surface area contributed by atoms with E-state index in [0.29, 0.717) is 5.56 Å². The first-order chi connectivity index (χ1) is 13.6. The van der Waals surface area contributed by atoms with Crippen molar-refractivity contribution in [2.24, 2.45) is 5.92 Å². The quantitative estimate of drug-likeness (QED) is 0.693. The number of benzene rings is 3. The van der Waals surface area contributed by atoms with Crippen LogP contribution in [0.15, 0.2) is 72.8 Å². The van der Waals surface area contributed by atoms with Crippen molar-refractivity contribution in [3.05, 3.63) is 78.4 Å². The summed E-state index contributed by atoms with van der Waals surface area (Å²) >= 11 is 0. The summed E-state index contributed by atoms with van der Waals surface area (Å²) in [6.07, 6.45) is 0.107. The van der Waals surface area contributed by atoms with E-state index < -0.39 is 11.8 Å². The molecule has 140 valence electrons. The van der Waals surface area contributed by atoms with Crippen LogP contribution in [0.1, 0.15) is 16.8 Å². The number of anilines is 1. The summed E-state index contributed by atoms with van der Waals surface area (Å²) < 4.78 is 0. The van der Waals surface area contributed by atoms with Crippen LogP contribution in [-0.4, -0.2) is 24.3 Å². The third kappa shape index (κ3) is 3.44. The Hall–Kier alpha value is -3.67. The highest BCUT2D eigenvalue weighted by atomic mass is 16.2. The van der Waals surface area contributed by atoms with Gasteiger partial charge in [-0.3, -0.25) is 25.2 Å². The van der Waals surface area contributed by atoms with Crippen LogP contribution in [0.25, 0.3) is 10.8 Å². The second-order valence-corrected chi connectivity index (χ2v) is 6.71. The van der Waals surface area contributed by atoms with Gasteiger partial charge in [0.2, 0.25) is 11.8 Å². The van der Waals surface area contributed by atoms with Gasteiger partial charge in [-0.2, -0.15) is 0 Å². The Morgan fingerprint density at radius 3 is 2.39 bits per heavy atom. The molecule has 6 heteroatoms. The fourth-order valence-corrected chi connectivity index (χ4v) is 3.44. The number of nitrogens with zero attached hydrogens (tertiary/aromatic N) is 1. The monoisotopic (exact) mass is 373 g/mol. The highest BCUT2D eigenvalue weighted by Gasteiger charge is 2.35. The molecule has 3 aromatic rings. The molecule has 0 aromatic heterocycles. The minimum absolute atomic E-state index is 0.106. The molecule has 1 heterocycles. The van der Waals surface area contributed by atoms with E-state index in [-0.39, 0.29) is 24.8 Å². The van der Waals surface area contributed by atoms with Crippen LogP contribution in [0.5, 0.6) is 0 Å². The summed E-state index contributed by atoms with van der Waals surface area (Å²) in [5.41, 5.74) is 6.09. The molecule has 0 aliphatic carbocycles. The maximum absolute atomic E-state index is 12.6. The molecule has 28 heavy (non-hydrogen) atoms. The Labute approximate surface area is 162 Å². The first-order valence-corrected chi connectivity index (χ1v) is 9.07. The van der Waals surface area contributed by atoms with Gasteiger partial charge < -0.3 is 4.90 Å². The fourth-order valence-electron chi connectivity index (χ4n) is 3.44. The molecule has 1 aliphatic heterocycles. The Morgan fingerprint density at radius 2 is 1.57 bits per heavy atom. The van der Waals surface area contributed by atoms with Crippen molar-refractivity contribution in [2.45, 2.75) is 6.42 Å². The molecule has 1 aliphatic rings. The van der Waals surface area contributed by atoms with Gasteiger partial charge in [-0.05, 0) is 23.6 Å². The third-order valence-electron chi connectivity index (χ3n) is 4.89. The molecule has 3 aromatic carbocycles. The average molecular weight is 373 g/mol. The van der Waals surface area contributed by atoms with Crippen molar-refractivity contribution >= 4 is 34.2 Å². The van der Waals surface area contributed by atoms with E-state index >= 15 is 0 Å². The summed E-state index contributed by atoms with van der Waals surface area (Å²) in [7, 11) is 0. The topological polar surface area (TPSA) is 78.5 Å². The maximum Gasteiger partial charge on any atom is 0.269 e. The second kappa shape index (κ2) is 7.52. The molecule has 2 N–H and O–H groups in total. The summed E-state index contributed by atoms with van der Waals surface area (Å²) in [5, 5.41) is 2.01. The normalized spacial score (nSPS) is 16.2. The molecule has 0 radical (unpaired) electrons. The summed E-state index contributed by atoms with van der Waals surface area (Å²) in [5.74, 6) is -1.40. The van der Waals surface area contributed by atoms with Crippen LogP contribution in [0.3, 0.4) is 0 Å². The average Bonchev–Trinajstić information content (AvgIpc) is 3.13. The van der Waals surface area contributed by atoms with Gasteiger partial charge in [-0.25, -0.2) is 0 Å². The van der Waals surface area contributed by atoms with Gasteiger partial charge in [0.25, 0.3) is 5.91 Å². The van der Waals surface area contributed by atoms with Crippen molar-refractivity contribution < 1.29 is 14.4 Å². The van der Waals surface area contributed by atoms with E-state index in [1.54, 1.807) is 35.2 Å². The first-order valence-electron chi connectivity index (χ1n) is 9.07. The lowest BCUT2D eigenvalue weighted by atomic mass is 10.1. The first kappa shape index (κ1) is 17.7. The number of carbonyl (C=O) groups is 3. The van der Waals surface area contributed by atoms with E-state index in [1.165, 1.54) is 0 Å². The second-order valence-electron chi connectivity index (χ2n) is 6.71. The summed E-state index contributed by atoms with van der Waals surface area (Å²) in [6.45, 7) is 0.278. The smallest absolute Gasteiger partial charge is 0.269 e. The SMILES string of the molecule is O=C(NNC(=O)[C@@H]1CC(=O)N(c2cccc3ccccc23)C1)c1ccccc1. The number of hydrogen-bond donors (Lipinski definition) is 2.